The third-order valence-electron chi connectivity index (χ3n) is 4.00. The van der Waals surface area contributed by atoms with E-state index in [0.29, 0.717) is 5.56 Å². The van der Waals surface area contributed by atoms with Crippen LogP contribution in [-0.2, 0) is 10.0 Å². The predicted molar refractivity (Wildman–Crippen MR) is 87.8 cm³/mol. The molecule has 1 aromatic carbocycles. The summed E-state index contributed by atoms with van der Waals surface area (Å²) in [6.45, 7) is 1.83. The lowest BCUT2D eigenvalue weighted by Crippen LogP contribution is -2.44. The summed E-state index contributed by atoms with van der Waals surface area (Å²) in [7, 11) is 0.191. The molecule has 0 aromatic heterocycles. The lowest BCUT2D eigenvalue weighted by molar-refractivity contribution is 0.197. The molecule has 1 saturated heterocycles. The standard InChI is InChI=1S/C14H21N3O2S2/c1-16-8-6-12(7-9-16)17(2)21(18,19)13-5-3-4-11(10-13)14(15)20/h3-5,10,12H,6-9H2,1-2H3,(H2,15,20). The van der Waals surface area contributed by atoms with Crippen LogP contribution in [0, 0.1) is 0 Å². The molecule has 1 fully saturated rings. The molecule has 0 aliphatic carbocycles. The molecule has 0 amide bonds. The van der Waals surface area contributed by atoms with Gasteiger partial charge in [0.25, 0.3) is 0 Å². The quantitative estimate of drug-likeness (QED) is 0.837. The predicted octanol–water partition coefficient (Wildman–Crippen LogP) is 1.04. The number of sulfonamides is 1. The van der Waals surface area contributed by atoms with Crippen molar-refractivity contribution in [3.63, 3.8) is 0 Å². The van der Waals surface area contributed by atoms with Crippen molar-refractivity contribution in [2.75, 3.05) is 27.2 Å². The van der Waals surface area contributed by atoms with Crippen LogP contribution in [0.5, 0.6) is 0 Å². The Labute approximate surface area is 131 Å². The van der Waals surface area contributed by atoms with E-state index in [1.807, 2.05) is 0 Å². The summed E-state index contributed by atoms with van der Waals surface area (Å²) in [6.07, 6.45) is 1.70. The van der Waals surface area contributed by atoms with Crippen molar-refractivity contribution in [3.8, 4) is 0 Å². The highest BCUT2D eigenvalue weighted by Gasteiger charge is 2.30. The van der Waals surface area contributed by atoms with E-state index in [1.165, 1.54) is 4.31 Å². The van der Waals surface area contributed by atoms with Gasteiger partial charge >= 0.3 is 0 Å². The first kappa shape index (κ1) is 16.4. The van der Waals surface area contributed by atoms with Crippen molar-refractivity contribution in [1.29, 1.82) is 0 Å². The zero-order chi connectivity index (χ0) is 15.6. The van der Waals surface area contributed by atoms with Gasteiger partial charge in [0.05, 0.1) is 4.90 Å². The van der Waals surface area contributed by atoms with Crippen LogP contribution >= 0.6 is 12.2 Å². The van der Waals surface area contributed by atoms with Gasteiger partial charge in [-0.25, -0.2) is 8.42 Å². The third kappa shape index (κ3) is 3.60. The van der Waals surface area contributed by atoms with E-state index in [0.717, 1.165) is 25.9 Å². The number of hydrogen-bond donors (Lipinski definition) is 1. The fourth-order valence-corrected chi connectivity index (χ4v) is 4.12. The second kappa shape index (κ2) is 6.39. The van der Waals surface area contributed by atoms with E-state index < -0.39 is 10.0 Å². The highest BCUT2D eigenvalue weighted by Crippen LogP contribution is 2.22. The monoisotopic (exact) mass is 327 g/mol. The summed E-state index contributed by atoms with van der Waals surface area (Å²) in [4.78, 5) is 2.66. The topological polar surface area (TPSA) is 66.6 Å². The summed E-state index contributed by atoms with van der Waals surface area (Å²) >= 11 is 4.91. The van der Waals surface area contributed by atoms with Crippen LogP contribution < -0.4 is 5.73 Å². The number of nitrogens with two attached hydrogens (primary N) is 1. The largest absolute Gasteiger partial charge is 0.389 e. The molecule has 1 aliphatic heterocycles. The Morgan fingerprint density at radius 2 is 2.00 bits per heavy atom. The molecule has 2 rings (SSSR count). The van der Waals surface area contributed by atoms with Crippen LogP contribution in [0.1, 0.15) is 18.4 Å². The van der Waals surface area contributed by atoms with Gasteiger partial charge in [0.15, 0.2) is 0 Å². The number of thiocarbonyl (C=S) groups is 1. The molecule has 1 aromatic rings. The summed E-state index contributed by atoms with van der Waals surface area (Å²) < 4.78 is 26.9. The third-order valence-corrected chi connectivity index (χ3v) is 6.14. The van der Waals surface area contributed by atoms with Gasteiger partial charge in [-0.2, -0.15) is 4.31 Å². The fraction of sp³-hybridized carbons (Fsp3) is 0.500. The molecule has 116 valence electrons. The Bertz CT molecular complexity index is 623. The van der Waals surface area contributed by atoms with E-state index >= 15 is 0 Å². The number of likely N-dealkylation sites (tertiary alicyclic amines) is 1. The van der Waals surface area contributed by atoms with Gasteiger partial charge in [-0.3, -0.25) is 0 Å². The van der Waals surface area contributed by atoms with Crippen molar-refractivity contribution in [2.45, 2.75) is 23.8 Å². The Morgan fingerprint density at radius 3 is 2.57 bits per heavy atom. The van der Waals surface area contributed by atoms with Crippen molar-refractivity contribution in [3.05, 3.63) is 29.8 Å². The normalized spacial score (nSPS) is 18.0. The number of benzene rings is 1. The number of nitrogens with zero attached hydrogens (tertiary/aromatic N) is 2. The minimum Gasteiger partial charge on any atom is -0.389 e. The maximum atomic E-state index is 12.7. The molecule has 0 saturated carbocycles. The van der Waals surface area contributed by atoms with Gasteiger partial charge in [0.1, 0.15) is 4.99 Å². The number of rotatable bonds is 4. The lowest BCUT2D eigenvalue weighted by atomic mass is 10.1. The van der Waals surface area contributed by atoms with Crippen LogP contribution in [-0.4, -0.2) is 55.8 Å². The van der Waals surface area contributed by atoms with Crippen molar-refractivity contribution in [1.82, 2.24) is 9.21 Å². The molecule has 0 spiro atoms. The van der Waals surface area contributed by atoms with Gasteiger partial charge in [-0.1, -0.05) is 24.4 Å². The molecule has 1 aliphatic rings. The van der Waals surface area contributed by atoms with Crippen LogP contribution in [0.2, 0.25) is 0 Å². The summed E-state index contributed by atoms with van der Waals surface area (Å²) in [5.74, 6) is 0. The Balaban J connectivity index is 2.25. The second-order valence-corrected chi connectivity index (χ2v) is 7.89. The van der Waals surface area contributed by atoms with Crippen LogP contribution in [0.25, 0.3) is 0 Å². The Hall–Kier alpha value is -1.02. The molecule has 0 unspecified atom stereocenters. The van der Waals surface area contributed by atoms with Crippen molar-refractivity contribution >= 4 is 27.2 Å². The average Bonchev–Trinajstić information content (AvgIpc) is 2.47. The molecule has 21 heavy (non-hydrogen) atoms. The first-order chi connectivity index (χ1) is 9.82. The van der Waals surface area contributed by atoms with Gasteiger partial charge in [-0.05, 0) is 45.1 Å². The molecule has 1 heterocycles. The number of hydrogen-bond acceptors (Lipinski definition) is 4. The second-order valence-electron chi connectivity index (χ2n) is 5.45. The Kier molecular flexibility index (Phi) is 4.98. The minimum absolute atomic E-state index is 0.0414. The Morgan fingerprint density at radius 1 is 1.38 bits per heavy atom. The van der Waals surface area contributed by atoms with E-state index in [1.54, 1.807) is 31.3 Å². The van der Waals surface area contributed by atoms with Crippen LogP contribution in [0.3, 0.4) is 0 Å². The smallest absolute Gasteiger partial charge is 0.243 e. The van der Waals surface area contributed by atoms with Gasteiger partial charge in [0.2, 0.25) is 10.0 Å². The van der Waals surface area contributed by atoms with Crippen LogP contribution in [0.4, 0.5) is 0 Å². The molecule has 0 bridgehead atoms. The number of piperidine rings is 1. The van der Waals surface area contributed by atoms with Crippen molar-refractivity contribution in [2.24, 2.45) is 5.73 Å². The summed E-state index contributed by atoms with van der Waals surface area (Å²) in [6, 6.07) is 6.56. The van der Waals surface area contributed by atoms with Crippen LogP contribution in [0.15, 0.2) is 29.2 Å². The first-order valence-electron chi connectivity index (χ1n) is 6.89. The highest BCUT2D eigenvalue weighted by atomic mass is 32.2. The molecule has 7 heteroatoms. The zero-order valence-electron chi connectivity index (χ0n) is 12.3. The molecule has 0 atom stereocenters. The van der Waals surface area contributed by atoms with E-state index in [2.05, 4.69) is 11.9 Å². The van der Waals surface area contributed by atoms with Gasteiger partial charge in [-0.15, -0.1) is 0 Å². The SMILES string of the molecule is CN1CCC(N(C)S(=O)(=O)c2cccc(C(N)=S)c2)CC1. The maximum absolute atomic E-state index is 12.7. The molecular formula is C14H21N3O2S2. The van der Waals surface area contributed by atoms with Gasteiger partial charge < -0.3 is 10.6 Å². The highest BCUT2D eigenvalue weighted by molar-refractivity contribution is 7.89. The fourth-order valence-electron chi connectivity index (χ4n) is 2.53. The molecular weight excluding hydrogens is 306 g/mol. The zero-order valence-corrected chi connectivity index (χ0v) is 14.0. The molecule has 0 radical (unpaired) electrons. The maximum Gasteiger partial charge on any atom is 0.243 e. The minimum atomic E-state index is -3.51. The first-order valence-corrected chi connectivity index (χ1v) is 8.73. The van der Waals surface area contributed by atoms with E-state index in [9.17, 15) is 8.42 Å². The average molecular weight is 327 g/mol. The van der Waals surface area contributed by atoms with E-state index in [-0.39, 0.29) is 15.9 Å². The van der Waals surface area contributed by atoms with Crippen molar-refractivity contribution < 1.29 is 8.42 Å². The summed E-state index contributed by atoms with van der Waals surface area (Å²) in [5, 5.41) is 0. The van der Waals surface area contributed by atoms with Gasteiger partial charge in [0, 0.05) is 18.7 Å². The summed E-state index contributed by atoms with van der Waals surface area (Å²) in [5.41, 5.74) is 6.15. The molecule has 5 nitrogen and oxygen atoms in total. The molecule has 2 N–H and O–H groups in total. The lowest BCUT2D eigenvalue weighted by Gasteiger charge is -2.34. The van der Waals surface area contributed by atoms with E-state index in [4.69, 9.17) is 18.0 Å².